The summed E-state index contributed by atoms with van der Waals surface area (Å²) in [5.74, 6) is 0.0433. The summed E-state index contributed by atoms with van der Waals surface area (Å²) in [6.07, 6.45) is 6.02. The van der Waals surface area contributed by atoms with Gasteiger partial charge in [0, 0.05) is 12.0 Å². The molecule has 23 heavy (non-hydrogen) atoms. The average Bonchev–Trinajstić information content (AvgIpc) is 2.59. The van der Waals surface area contributed by atoms with Gasteiger partial charge in [-0.05, 0) is 63.0 Å². The summed E-state index contributed by atoms with van der Waals surface area (Å²) in [4.78, 5) is 14.7. The molecule has 3 rings (SSSR count). The van der Waals surface area contributed by atoms with Crippen LogP contribution in [-0.2, 0) is 4.74 Å². The second kappa shape index (κ2) is 7.29. The largest absolute Gasteiger partial charge is 0.733 e. The first kappa shape index (κ1) is 16.2. The Bertz CT molecular complexity index is 530. The summed E-state index contributed by atoms with van der Waals surface area (Å²) in [6.45, 7) is 2.79. The first-order chi connectivity index (χ1) is 11.1. The lowest BCUT2D eigenvalue weighted by atomic mass is 9.84. The van der Waals surface area contributed by atoms with Gasteiger partial charge in [0.25, 0.3) is 0 Å². The van der Waals surface area contributed by atoms with Gasteiger partial charge in [0.2, 0.25) is 0 Å². The molecule has 6 nitrogen and oxygen atoms in total. The number of anilines is 1. The fraction of sp³-hybridized carbons (Fsp3) is 0.588. The Hall–Kier alpha value is -1.63. The number of fused-ring (bicyclic) bond motifs is 1. The summed E-state index contributed by atoms with van der Waals surface area (Å²) in [5.41, 5.74) is 0.485. The number of ether oxygens (including phenoxy) is 1. The molecule has 6 heteroatoms. The number of benzene rings is 1. The van der Waals surface area contributed by atoms with E-state index in [1.54, 1.807) is 0 Å². The summed E-state index contributed by atoms with van der Waals surface area (Å²) >= 11 is 0. The van der Waals surface area contributed by atoms with E-state index < -0.39 is 0 Å². The van der Waals surface area contributed by atoms with Crippen molar-refractivity contribution in [2.45, 2.75) is 38.1 Å². The number of carbonyl (C=O) groups is 1. The number of carbonyl (C=O) groups excluding carboxylic acids is 1. The van der Waals surface area contributed by atoms with Gasteiger partial charge >= 0.3 is 5.97 Å². The summed E-state index contributed by atoms with van der Waals surface area (Å²) < 4.78 is 5.50. The molecule has 0 spiro atoms. The zero-order chi connectivity index (χ0) is 16.2. The van der Waals surface area contributed by atoms with Crippen molar-refractivity contribution >= 4 is 11.7 Å². The van der Waals surface area contributed by atoms with Crippen molar-refractivity contribution in [2.24, 2.45) is 5.92 Å². The first-order valence-corrected chi connectivity index (χ1v) is 8.32. The predicted octanol–water partition coefficient (Wildman–Crippen LogP) is 2.80. The maximum atomic E-state index is 12.1. The minimum Gasteiger partial charge on any atom is -0.733 e. The van der Waals surface area contributed by atoms with Gasteiger partial charge in [0.05, 0.1) is 17.9 Å². The van der Waals surface area contributed by atoms with Crippen LogP contribution in [0.3, 0.4) is 0 Å². The highest BCUT2D eigenvalue weighted by molar-refractivity contribution is 5.89. The number of rotatable bonds is 4. The Balaban J connectivity index is 1.55. The standard InChI is InChI=1S/C17H23N2O4/c20-17(13-6-8-15(9-7-13)19(21)22)23-12-14-4-3-11-18-10-2-1-5-16(14)18/h6-9,14,16,21H,1-5,10-12H2/q-1/t14-,16-/m1/s1. The van der Waals surface area contributed by atoms with Crippen LogP contribution >= 0.6 is 0 Å². The minimum absolute atomic E-state index is 0.0895. The topological polar surface area (TPSA) is 76.1 Å². The van der Waals surface area contributed by atoms with Crippen molar-refractivity contribution in [3.05, 3.63) is 35.0 Å². The molecule has 2 heterocycles. The SMILES string of the molecule is O=C(OC[C@H]1CCCN2CCCC[C@H]12)c1ccc(N([O-])O)cc1. The zero-order valence-electron chi connectivity index (χ0n) is 13.2. The van der Waals surface area contributed by atoms with E-state index in [1.165, 1.54) is 63.0 Å². The number of hydrogen-bond donors (Lipinski definition) is 1. The monoisotopic (exact) mass is 319 g/mol. The fourth-order valence-corrected chi connectivity index (χ4v) is 3.76. The van der Waals surface area contributed by atoms with Crippen LogP contribution in [0.4, 0.5) is 5.69 Å². The van der Waals surface area contributed by atoms with E-state index in [1.807, 2.05) is 0 Å². The summed E-state index contributed by atoms with van der Waals surface area (Å²) in [6, 6.07) is 6.33. The molecule has 2 aliphatic heterocycles. The van der Waals surface area contributed by atoms with Gasteiger partial charge in [-0.2, -0.15) is 0 Å². The molecule has 0 bridgehead atoms. The molecule has 0 amide bonds. The fourth-order valence-electron chi connectivity index (χ4n) is 3.76. The van der Waals surface area contributed by atoms with Gasteiger partial charge in [-0.25, -0.2) is 4.79 Å². The van der Waals surface area contributed by atoms with Gasteiger partial charge in [0.1, 0.15) is 0 Å². The molecular weight excluding hydrogens is 296 g/mol. The van der Waals surface area contributed by atoms with E-state index in [4.69, 9.17) is 9.94 Å². The van der Waals surface area contributed by atoms with Crippen molar-refractivity contribution in [2.75, 3.05) is 24.9 Å². The van der Waals surface area contributed by atoms with Crippen molar-refractivity contribution in [1.82, 2.24) is 4.90 Å². The Morgan fingerprint density at radius 3 is 2.70 bits per heavy atom. The van der Waals surface area contributed by atoms with Gasteiger partial charge in [-0.1, -0.05) is 6.42 Å². The van der Waals surface area contributed by atoms with Crippen LogP contribution in [0.5, 0.6) is 0 Å². The molecule has 1 aromatic rings. The van der Waals surface area contributed by atoms with Gasteiger partial charge in [0.15, 0.2) is 0 Å². The van der Waals surface area contributed by atoms with Crippen LogP contribution < -0.4 is 5.23 Å². The molecule has 0 aliphatic carbocycles. The Kier molecular flexibility index (Phi) is 5.15. The van der Waals surface area contributed by atoms with E-state index in [2.05, 4.69) is 4.90 Å². The van der Waals surface area contributed by atoms with Crippen molar-refractivity contribution in [3.8, 4) is 0 Å². The highest BCUT2D eigenvalue weighted by Gasteiger charge is 2.33. The van der Waals surface area contributed by atoms with Crippen LogP contribution in [0, 0.1) is 11.1 Å². The molecule has 0 unspecified atom stereocenters. The molecule has 0 saturated carbocycles. The van der Waals surface area contributed by atoms with Gasteiger partial charge in [-0.15, -0.1) is 0 Å². The number of piperidine rings is 2. The van der Waals surface area contributed by atoms with E-state index in [0.717, 1.165) is 6.42 Å². The molecule has 2 atom stereocenters. The number of esters is 1. The molecule has 0 radical (unpaired) electrons. The molecule has 0 aromatic heterocycles. The lowest BCUT2D eigenvalue weighted by molar-refractivity contribution is 0.00739. The quantitative estimate of drug-likeness (QED) is 0.679. The Labute approximate surface area is 136 Å². The molecule has 126 valence electrons. The van der Waals surface area contributed by atoms with E-state index >= 15 is 0 Å². The van der Waals surface area contributed by atoms with Gasteiger partial charge < -0.3 is 15.2 Å². The predicted molar refractivity (Wildman–Crippen MR) is 86.3 cm³/mol. The van der Waals surface area contributed by atoms with E-state index in [0.29, 0.717) is 24.1 Å². The third kappa shape index (κ3) is 3.83. The number of hydrogen-bond acceptors (Lipinski definition) is 6. The summed E-state index contributed by atoms with van der Waals surface area (Å²) in [5, 5.41) is 19.3. The maximum absolute atomic E-state index is 12.1. The maximum Gasteiger partial charge on any atom is 0.338 e. The summed E-state index contributed by atoms with van der Waals surface area (Å²) in [7, 11) is 0. The number of nitrogens with zero attached hydrogens (tertiary/aromatic N) is 2. The lowest BCUT2D eigenvalue weighted by Crippen LogP contribution is -2.49. The lowest BCUT2D eigenvalue weighted by Gasteiger charge is -2.44. The zero-order valence-corrected chi connectivity index (χ0v) is 13.2. The minimum atomic E-state index is -0.375. The normalized spacial score (nSPS) is 24.8. The van der Waals surface area contributed by atoms with Crippen LogP contribution in [0.2, 0.25) is 0 Å². The molecule has 1 N–H and O–H groups in total. The molecule has 2 saturated heterocycles. The van der Waals surface area contributed by atoms with Crippen LogP contribution in [-0.4, -0.2) is 41.8 Å². The molecular formula is C17H23N2O4-. The smallest absolute Gasteiger partial charge is 0.338 e. The highest BCUT2D eigenvalue weighted by Crippen LogP contribution is 2.31. The Morgan fingerprint density at radius 2 is 1.96 bits per heavy atom. The Morgan fingerprint density at radius 1 is 1.22 bits per heavy atom. The molecule has 2 fully saturated rings. The second-order valence-corrected chi connectivity index (χ2v) is 6.42. The molecule has 2 aliphatic rings. The third-order valence-electron chi connectivity index (χ3n) is 4.98. The second-order valence-electron chi connectivity index (χ2n) is 6.42. The van der Waals surface area contributed by atoms with E-state index in [9.17, 15) is 10.0 Å². The average molecular weight is 319 g/mol. The van der Waals surface area contributed by atoms with Gasteiger partial charge in [-0.3, -0.25) is 10.1 Å². The highest BCUT2D eigenvalue weighted by atomic mass is 16.8. The van der Waals surface area contributed by atoms with Crippen molar-refractivity contribution < 1.29 is 14.7 Å². The van der Waals surface area contributed by atoms with E-state index in [-0.39, 0.29) is 16.9 Å². The first-order valence-electron chi connectivity index (χ1n) is 8.32. The third-order valence-corrected chi connectivity index (χ3v) is 4.98. The molecule has 1 aromatic carbocycles. The van der Waals surface area contributed by atoms with Crippen LogP contribution in [0.1, 0.15) is 42.5 Å². The van der Waals surface area contributed by atoms with Crippen molar-refractivity contribution in [1.29, 1.82) is 0 Å². The van der Waals surface area contributed by atoms with Crippen LogP contribution in [0.25, 0.3) is 0 Å². The van der Waals surface area contributed by atoms with Crippen molar-refractivity contribution in [3.63, 3.8) is 0 Å². The van der Waals surface area contributed by atoms with Crippen LogP contribution in [0.15, 0.2) is 24.3 Å².